The summed E-state index contributed by atoms with van der Waals surface area (Å²) in [6.45, 7) is 6.68. The number of carbonyl (C=O) groups is 3. The second-order valence-electron chi connectivity index (χ2n) is 23.1. The maximum absolute atomic E-state index is 12.9. The number of unbranched alkanes of at least 4 members (excludes halogenated alkanes) is 48. The predicted molar refractivity (Wildman–Crippen MR) is 326 cm³/mol. The van der Waals surface area contributed by atoms with Gasteiger partial charge in [0.15, 0.2) is 6.10 Å². The molecule has 0 aliphatic rings. The van der Waals surface area contributed by atoms with E-state index in [0.29, 0.717) is 19.3 Å². The first-order valence-electron chi connectivity index (χ1n) is 33.8. The first-order valence-corrected chi connectivity index (χ1v) is 33.8. The molecule has 0 amide bonds. The molecule has 0 bridgehead atoms. The maximum Gasteiger partial charge on any atom is 0.306 e. The molecule has 442 valence electrons. The summed E-state index contributed by atoms with van der Waals surface area (Å²) in [6, 6.07) is 0. The number of rotatable bonds is 63. The molecule has 6 nitrogen and oxygen atoms in total. The van der Waals surface area contributed by atoms with Crippen LogP contribution < -0.4 is 0 Å². The van der Waals surface area contributed by atoms with Crippen LogP contribution in [0.15, 0.2) is 24.3 Å². The highest BCUT2D eigenvalue weighted by Crippen LogP contribution is 2.18. The zero-order valence-electron chi connectivity index (χ0n) is 50.8. The lowest BCUT2D eigenvalue weighted by atomic mass is 10.0. The van der Waals surface area contributed by atoms with E-state index in [1.54, 1.807) is 0 Å². The van der Waals surface area contributed by atoms with Crippen LogP contribution in [-0.2, 0) is 28.6 Å². The molecule has 6 heteroatoms. The van der Waals surface area contributed by atoms with Crippen LogP contribution in [0.5, 0.6) is 0 Å². The van der Waals surface area contributed by atoms with Gasteiger partial charge in [-0.25, -0.2) is 0 Å². The average Bonchev–Trinajstić information content (AvgIpc) is 3.41. The zero-order valence-corrected chi connectivity index (χ0v) is 50.8. The molecule has 75 heavy (non-hydrogen) atoms. The van der Waals surface area contributed by atoms with E-state index in [4.69, 9.17) is 14.2 Å². The molecule has 0 aliphatic heterocycles. The Morgan fingerprint density at radius 3 is 0.760 bits per heavy atom. The molecule has 1 unspecified atom stereocenters. The van der Waals surface area contributed by atoms with Gasteiger partial charge in [-0.3, -0.25) is 14.4 Å². The second kappa shape index (κ2) is 64.4. The smallest absolute Gasteiger partial charge is 0.306 e. The van der Waals surface area contributed by atoms with Gasteiger partial charge in [0.25, 0.3) is 0 Å². The highest BCUT2D eigenvalue weighted by Gasteiger charge is 2.19. The highest BCUT2D eigenvalue weighted by molar-refractivity contribution is 5.71. The Morgan fingerprint density at radius 2 is 0.480 bits per heavy atom. The minimum Gasteiger partial charge on any atom is -0.462 e. The van der Waals surface area contributed by atoms with Gasteiger partial charge in [0.2, 0.25) is 0 Å². The Bertz CT molecular complexity index is 1210. The summed E-state index contributed by atoms with van der Waals surface area (Å²) in [4.78, 5) is 38.3. The number of carbonyl (C=O) groups excluding carboxylic acids is 3. The van der Waals surface area contributed by atoms with Crippen LogP contribution in [0.2, 0.25) is 0 Å². The lowest BCUT2D eigenvalue weighted by Crippen LogP contribution is -2.30. The SMILES string of the molecule is CCCCC/C=C\C/C=C\CCCCCCCCCC(=O)OC(COC(=O)CCCCCCCCCCCCCC)COC(=O)CCCCCCCCCCCCCCCCCCCCCCCCCCCCCC. The van der Waals surface area contributed by atoms with E-state index in [9.17, 15) is 14.4 Å². The molecule has 0 aromatic rings. The van der Waals surface area contributed by atoms with E-state index in [-0.39, 0.29) is 31.1 Å². The molecule has 0 aromatic heterocycles. The summed E-state index contributed by atoms with van der Waals surface area (Å²) in [5.41, 5.74) is 0. The molecule has 1 atom stereocenters. The van der Waals surface area contributed by atoms with Gasteiger partial charge < -0.3 is 14.2 Å². The maximum atomic E-state index is 12.9. The number of hydrogen-bond donors (Lipinski definition) is 0. The lowest BCUT2D eigenvalue weighted by Gasteiger charge is -2.18. The Hall–Kier alpha value is -2.11. The zero-order chi connectivity index (χ0) is 54.3. The molecule has 0 fully saturated rings. The van der Waals surface area contributed by atoms with Gasteiger partial charge in [0, 0.05) is 19.3 Å². The second-order valence-corrected chi connectivity index (χ2v) is 23.1. The summed E-state index contributed by atoms with van der Waals surface area (Å²) in [6.07, 6.45) is 77.8. The van der Waals surface area contributed by atoms with Crippen LogP contribution >= 0.6 is 0 Å². The number of esters is 3. The van der Waals surface area contributed by atoms with Crippen molar-refractivity contribution in [2.75, 3.05) is 13.2 Å². The lowest BCUT2D eigenvalue weighted by molar-refractivity contribution is -0.167. The number of hydrogen-bond acceptors (Lipinski definition) is 6. The molecule has 0 aromatic carbocycles. The third kappa shape index (κ3) is 62.6. The molecule has 0 N–H and O–H groups in total. The monoisotopic (exact) mass is 1050 g/mol. The minimum atomic E-state index is -0.771. The number of allylic oxidation sites excluding steroid dienone is 4. The highest BCUT2D eigenvalue weighted by atomic mass is 16.6. The Labute approximate surface area is 468 Å². The van der Waals surface area contributed by atoms with Gasteiger partial charge in [-0.15, -0.1) is 0 Å². The van der Waals surface area contributed by atoms with E-state index in [0.717, 1.165) is 70.6 Å². The van der Waals surface area contributed by atoms with Crippen molar-refractivity contribution < 1.29 is 28.6 Å². The van der Waals surface area contributed by atoms with Gasteiger partial charge in [-0.2, -0.15) is 0 Å². The van der Waals surface area contributed by atoms with Gasteiger partial charge in [-0.1, -0.05) is 334 Å². The van der Waals surface area contributed by atoms with Crippen molar-refractivity contribution in [1.82, 2.24) is 0 Å². The minimum absolute atomic E-state index is 0.0685. The molecule has 0 heterocycles. The summed E-state index contributed by atoms with van der Waals surface area (Å²) in [5.74, 6) is -0.849. The van der Waals surface area contributed by atoms with Crippen molar-refractivity contribution in [2.24, 2.45) is 0 Å². The van der Waals surface area contributed by atoms with Crippen LogP contribution in [0.4, 0.5) is 0 Å². The van der Waals surface area contributed by atoms with Crippen molar-refractivity contribution in [3.05, 3.63) is 24.3 Å². The van der Waals surface area contributed by atoms with Crippen LogP contribution in [0.1, 0.15) is 380 Å². The van der Waals surface area contributed by atoms with E-state index < -0.39 is 6.10 Å². The fourth-order valence-corrected chi connectivity index (χ4v) is 10.4. The summed E-state index contributed by atoms with van der Waals surface area (Å²) in [7, 11) is 0. The van der Waals surface area contributed by atoms with Crippen molar-refractivity contribution in [2.45, 2.75) is 386 Å². The van der Waals surface area contributed by atoms with Crippen LogP contribution in [0, 0.1) is 0 Å². The fraction of sp³-hybridized carbons (Fsp3) is 0.899. The summed E-state index contributed by atoms with van der Waals surface area (Å²) < 4.78 is 16.9. The Balaban J connectivity index is 4.15. The van der Waals surface area contributed by atoms with Crippen LogP contribution in [0.3, 0.4) is 0 Å². The topological polar surface area (TPSA) is 78.9 Å². The molecule has 0 spiro atoms. The third-order valence-corrected chi connectivity index (χ3v) is 15.5. The fourth-order valence-electron chi connectivity index (χ4n) is 10.4. The van der Waals surface area contributed by atoms with E-state index in [2.05, 4.69) is 45.1 Å². The Morgan fingerprint density at radius 1 is 0.267 bits per heavy atom. The first kappa shape index (κ1) is 72.9. The standard InChI is InChI=1S/C69H130O6/c1-4-7-10-13-16-19-22-25-27-29-30-31-32-33-34-35-36-37-38-39-41-42-44-47-50-53-56-59-62-68(71)74-65-66(64-73-67(70)61-58-55-52-49-46-24-21-18-15-12-9-6-3)75-69(72)63-60-57-54-51-48-45-43-40-28-26-23-20-17-14-11-8-5-2/h17,20,26,28,66H,4-16,18-19,21-25,27,29-65H2,1-3H3/b20-17-,28-26-. The van der Waals surface area contributed by atoms with Crippen molar-refractivity contribution in [3.63, 3.8) is 0 Å². The quantitative estimate of drug-likeness (QED) is 0.0261. The molecule has 0 saturated heterocycles. The average molecular weight is 1060 g/mol. The van der Waals surface area contributed by atoms with E-state index >= 15 is 0 Å². The largest absolute Gasteiger partial charge is 0.462 e. The van der Waals surface area contributed by atoms with Crippen LogP contribution in [0.25, 0.3) is 0 Å². The van der Waals surface area contributed by atoms with E-state index in [1.807, 2.05) is 0 Å². The predicted octanol–water partition coefficient (Wildman–Crippen LogP) is 23.0. The van der Waals surface area contributed by atoms with Gasteiger partial charge >= 0.3 is 17.9 Å². The van der Waals surface area contributed by atoms with Gasteiger partial charge in [0.05, 0.1) is 0 Å². The van der Waals surface area contributed by atoms with Crippen LogP contribution in [-0.4, -0.2) is 37.2 Å². The molecule has 0 aliphatic carbocycles. The van der Waals surface area contributed by atoms with Crippen molar-refractivity contribution in [3.8, 4) is 0 Å². The molecular formula is C69H130O6. The molecule has 0 radical (unpaired) electrons. The van der Waals surface area contributed by atoms with Gasteiger partial charge in [-0.05, 0) is 51.4 Å². The first-order chi connectivity index (χ1) is 37.0. The van der Waals surface area contributed by atoms with Crippen molar-refractivity contribution in [1.29, 1.82) is 0 Å². The Kier molecular flexibility index (Phi) is 62.6. The summed E-state index contributed by atoms with van der Waals surface area (Å²) in [5, 5.41) is 0. The van der Waals surface area contributed by atoms with E-state index in [1.165, 1.54) is 270 Å². The molecular weight excluding hydrogens is 925 g/mol. The number of ether oxygens (including phenoxy) is 3. The normalized spacial score (nSPS) is 12.1. The van der Waals surface area contributed by atoms with Crippen molar-refractivity contribution >= 4 is 17.9 Å². The third-order valence-electron chi connectivity index (χ3n) is 15.5. The van der Waals surface area contributed by atoms with Gasteiger partial charge in [0.1, 0.15) is 13.2 Å². The summed E-state index contributed by atoms with van der Waals surface area (Å²) >= 11 is 0. The molecule has 0 rings (SSSR count). The molecule has 0 saturated carbocycles.